The average Bonchev–Trinajstić information content (AvgIpc) is 2.96. The van der Waals surface area contributed by atoms with E-state index in [1.165, 1.54) is 0 Å². The second-order valence-corrected chi connectivity index (χ2v) is 5.09. The molecule has 0 saturated carbocycles. The van der Waals surface area contributed by atoms with Gasteiger partial charge in [0.25, 0.3) is 0 Å². The highest BCUT2D eigenvalue weighted by Crippen LogP contribution is 2.39. The van der Waals surface area contributed by atoms with Gasteiger partial charge in [-0.1, -0.05) is 30.3 Å². The summed E-state index contributed by atoms with van der Waals surface area (Å²) in [7, 11) is 0. The van der Waals surface area contributed by atoms with E-state index in [0.29, 0.717) is 5.56 Å². The number of para-hydroxylation sites is 2. The van der Waals surface area contributed by atoms with Crippen LogP contribution in [0.4, 0.5) is 11.4 Å². The zero-order valence-corrected chi connectivity index (χ0v) is 10.6. The van der Waals surface area contributed by atoms with Crippen molar-refractivity contribution in [3.63, 3.8) is 0 Å². The highest BCUT2D eigenvalue weighted by molar-refractivity contribution is 6.16. The van der Waals surface area contributed by atoms with Gasteiger partial charge in [0.05, 0.1) is 5.92 Å². The number of anilines is 2. The van der Waals surface area contributed by atoms with Gasteiger partial charge in [-0.15, -0.1) is 0 Å². The third-order valence-corrected chi connectivity index (χ3v) is 3.96. The summed E-state index contributed by atoms with van der Waals surface area (Å²) >= 11 is 0. The number of amides is 1. The van der Waals surface area contributed by atoms with Crippen molar-refractivity contribution in [2.24, 2.45) is 0 Å². The second-order valence-electron chi connectivity index (χ2n) is 5.09. The van der Waals surface area contributed by atoms with Crippen molar-refractivity contribution in [3.05, 3.63) is 59.7 Å². The summed E-state index contributed by atoms with van der Waals surface area (Å²) in [6, 6.07) is 14.4. The van der Waals surface area contributed by atoms with E-state index >= 15 is 0 Å². The predicted molar refractivity (Wildman–Crippen MR) is 76.0 cm³/mol. The summed E-state index contributed by atoms with van der Waals surface area (Å²) < 4.78 is 0. The van der Waals surface area contributed by atoms with E-state index < -0.39 is 12.0 Å². The van der Waals surface area contributed by atoms with Crippen LogP contribution in [0.2, 0.25) is 0 Å². The molecule has 2 aliphatic heterocycles. The van der Waals surface area contributed by atoms with Crippen LogP contribution in [0.1, 0.15) is 21.8 Å². The number of benzene rings is 2. The summed E-state index contributed by atoms with van der Waals surface area (Å²) in [5.41, 5.74) is 3.15. The average molecular weight is 264 g/mol. The lowest BCUT2D eigenvalue weighted by atomic mass is 9.90. The maximum Gasteiger partial charge on any atom is 0.234 e. The summed E-state index contributed by atoms with van der Waals surface area (Å²) in [6.07, 6.45) is 0. The van der Waals surface area contributed by atoms with Crippen LogP contribution in [0.15, 0.2) is 48.5 Å². The minimum atomic E-state index is -0.518. The van der Waals surface area contributed by atoms with E-state index in [2.05, 4.69) is 10.6 Å². The lowest BCUT2D eigenvalue weighted by Crippen LogP contribution is -2.34. The standard InChI is InChI=1S/C16H12N2O2/c19-15-10-6-2-4-8-12(10)17-14(15)13-9-5-1-3-7-11(9)18-16(13)20/h1-8,13-14,17H,(H,18,20)/t13-,14-/m0/s1. The Labute approximate surface area is 115 Å². The predicted octanol–water partition coefficient (Wildman–Crippen LogP) is 2.40. The van der Waals surface area contributed by atoms with Crippen molar-refractivity contribution in [3.8, 4) is 0 Å². The van der Waals surface area contributed by atoms with Crippen LogP contribution >= 0.6 is 0 Å². The molecule has 2 aliphatic rings. The Morgan fingerprint density at radius 1 is 0.850 bits per heavy atom. The van der Waals surface area contributed by atoms with E-state index in [-0.39, 0.29) is 11.7 Å². The summed E-state index contributed by atoms with van der Waals surface area (Å²) in [4.78, 5) is 24.7. The minimum absolute atomic E-state index is 0.0162. The van der Waals surface area contributed by atoms with Gasteiger partial charge in [0.1, 0.15) is 6.04 Å². The highest BCUT2D eigenvalue weighted by Gasteiger charge is 2.44. The summed E-state index contributed by atoms with van der Waals surface area (Å²) in [5, 5.41) is 6.03. The number of hydrogen-bond acceptors (Lipinski definition) is 3. The van der Waals surface area contributed by atoms with Crippen LogP contribution in [0.25, 0.3) is 0 Å². The minimum Gasteiger partial charge on any atom is -0.373 e. The fourth-order valence-corrected chi connectivity index (χ4v) is 3.02. The molecule has 98 valence electrons. The first-order chi connectivity index (χ1) is 9.75. The zero-order valence-electron chi connectivity index (χ0n) is 10.6. The summed E-state index contributed by atoms with van der Waals surface area (Å²) in [5.74, 6) is -0.603. The normalized spacial score (nSPS) is 23.0. The van der Waals surface area contributed by atoms with E-state index in [9.17, 15) is 9.59 Å². The molecule has 2 atom stereocenters. The molecule has 2 N–H and O–H groups in total. The first-order valence-electron chi connectivity index (χ1n) is 6.55. The topological polar surface area (TPSA) is 58.2 Å². The van der Waals surface area contributed by atoms with Crippen LogP contribution in [-0.2, 0) is 4.79 Å². The van der Waals surface area contributed by atoms with Gasteiger partial charge in [-0.25, -0.2) is 0 Å². The molecule has 0 fully saturated rings. The van der Waals surface area contributed by atoms with Gasteiger partial charge in [-0.05, 0) is 23.8 Å². The molecular weight excluding hydrogens is 252 g/mol. The van der Waals surface area contributed by atoms with Gasteiger partial charge in [-0.2, -0.15) is 0 Å². The Morgan fingerprint density at radius 2 is 1.55 bits per heavy atom. The molecular formula is C16H12N2O2. The number of fused-ring (bicyclic) bond motifs is 2. The molecule has 4 rings (SSSR count). The van der Waals surface area contributed by atoms with Crippen molar-refractivity contribution in [1.82, 2.24) is 0 Å². The molecule has 4 heteroatoms. The van der Waals surface area contributed by atoms with E-state index in [4.69, 9.17) is 0 Å². The Morgan fingerprint density at radius 3 is 2.35 bits per heavy atom. The molecule has 0 aromatic heterocycles. The van der Waals surface area contributed by atoms with E-state index in [0.717, 1.165) is 16.9 Å². The molecule has 2 aromatic carbocycles. The van der Waals surface area contributed by atoms with Crippen molar-refractivity contribution in [1.29, 1.82) is 0 Å². The van der Waals surface area contributed by atoms with Crippen LogP contribution in [0.3, 0.4) is 0 Å². The van der Waals surface area contributed by atoms with Gasteiger partial charge >= 0.3 is 0 Å². The molecule has 2 aromatic rings. The Kier molecular flexibility index (Phi) is 2.21. The number of Topliss-reactive ketones (excluding diaryl/α,β-unsaturated/α-hetero) is 1. The molecule has 2 heterocycles. The second kappa shape index (κ2) is 3.93. The first-order valence-corrected chi connectivity index (χ1v) is 6.55. The number of carbonyl (C=O) groups excluding carboxylic acids is 2. The molecule has 0 aliphatic carbocycles. The van der Waals surface area contributed by atoms with Crippen LogP contribution in [-0.4, -0.2) is 17.7 Å². The number of hydrogen-bond donors (Lipinski definition) is 2. The fourth-order valence-electron chi connectivity index (χ4n) is 3.02. The van der Waals surface area contributed by atoms with Crippen LogP contribution < -0.4 is 10.6 Å². The van der Waals surface area contributed by atoms with Gasteiger partial charge < -0.3 is 10.6 Å². The third-order valence-electron chi connectivity index (χ3n) is 3.96. The first kappa shape index (κ1) is 11.2. The van der Waals surface area contributed by atoms with Crippen molar-refractivity contribution in [2.45, 2.75) is 12.0 Å². The van der Waals surface area contributed by atoms with Crippen molar-refractivity contribution < 1.29 is 9.59 Å². The molecule has 4 nitrogen and oxygen atoms in total. The van der Waals surface area contributed by atoms with Gasteiger partial charge in [0, 0.05) is 16.9 Å². The quantitative estimate of drug-likeness (QED) is 0.831. The molecule has 0 radical (unpaired) electrons. The van der Waals surface area contributed by atoms with E-state index in [1.807, 2.05) is 42.5 Å². The fraction of sp³-hybridized carbons (Fsp3) is 0.125. The number of carbonyl (C=O) groups is 2. The number of nitrogens with one attached hydrogen (secondary N) is 2. The smallest absolute Gasteiger partial charge is 0.234 e. The van der Waals surface area contributed by atoms with Gasteiger partial charge in [-0.3, -0.25) is 9.59 Å². The molecule has 0 bridgehead atoms. The summed E-state index contributed by atoms with van der Waals surface area (Å²) in [6.45, 7) is 0. The molecule has 0 unspecified atom stereocenters. The molecule has 20 heavy (non-hydrogen) atoms. The lowest BCUT2D eigenvalue weighted by Gasteiger charge is -2.16. The SMILES string of the molecule is O=C1c2ccccc2N[C@H]1[C@H]1C(=O)Nc2ccccc21. The molecule has 0 saturated heterocycles. The van der Waals surface area contributed by atoms with Gasteiger partial charge in [0.15, 0.2) is 5.78 Å². The lowest BCUT2D eigenvalue weighted by molar-refractivity contribution is -0.117. The zero-order chi connectivity index (χ0) is 13.7. The molecule has 0 spiro atoms. The Hall–Kier alpha value is -2.62. The van der Waals surface area contributed by atoms with Crippen molar-refractivity contribution in [2.75, 3.05) is 10.6 Å². The number of ketones is 1. The van der Waals surface area contributed by atoms with E-state index in [1.54, 1.807) is 6.07 Å². The van der Waals surface area contributed by atoms with Crippen molar-refractivity contribution >= 4 is 23.1 Å². The van der Waals surface area contributed by atoms with Gasteiger partial charge in [0.2, 0.25) is 5.91 Å². The maximum absolute atomic E-state index is 12.5. The highest BCUT2D eigenvalue weighted by atomic mass is 16.2. The monoisotopic (exact) mass is 264 g/mol. The number of rotatable bonds is 1. The Balaban J connectivity index is 1.77. The van der Waals surface area contributed by atoms with Crippen LogP contribution in [0, 0.1) is 0 Å². The van der Waals surface area contributed by atoms with Crippen LogP contribution in [0.5, 0.6) is 0 Å². The molecule has 1 amide bonds. The third kappa shape index (κ3) is 1.42. The largest absolute Gasteiger partial charge is 0.373 e. The maximum atomic E-state index is 12.5. The Bertz CT molecular complexity index is 739.